The summed E-state index contributed by atoms with van der Waals surface area (Å²) in [5, 5.41) is 2.62. The molecule has 1 amide bonds. The van der Waals surface area contributed by atoms with Gasteiger partial charge < -0.3 is 14.6 Å². The zero-order chi connectivity index (χ0) is 16.1. The zero-order valence-corrected chi connectivity index (χ0v) is 14.5. The molecular formula is C12H15Cl3NO4P. The number of carbonyl (C=O) groups is 1. The SMILES string of the molecule is CCO[P@@](=O)(c1ccccc1)[C@@H](NC(=O)OC)C(Cl)(Cl)Cl. The Morgan fingerprint density at radius 2 is 1.90 bits per heavy atom. The topological polar surface area (TPSA) is 64.6 Å². The fourth-order valence-electron chi connectivity index (χ4n) is 1.66. The Hall–Kier alpha value is -0.450. The highest BCUT2D eigenvalue weighted by Crippen LogP contribution is 2.57. The number of alkyl halides is 3. The molecule has 0 bridgehead atoms. The second kappa shape index (κ2) is 7.70. The first-order valence-electron chi connectivity index (χ1n) is 5.96. The standard InChI is InChI=1S/C12H15Cl3NO4P/c1-3-20-21(18,9-7-5-4-6-8-9)10(12(13,14)15)16-11(17)19-2/h4-8,10H,3H2,1-2H3,(H,16,17)/t10-,21+/m1/s1. The summed E-state index contributed by atoms with van der Waals surface area (Å²) in [6.07, 6.45) is -0.873. The summed E-state index contributed by atoms with van der Waals surface area (Å²) in [7, 11) is -2.53. The fourth-order valence-corrected chi connectivity index (χ4v) is 5.20. The first-order chi connectivity index (χ1) is 9.75. The maximum atomic E-state index is 13.3. The molecule has 0 saturated carbocycles. The summed E-state index contributed by atoms with van der Waals surface area (Å²) in [5.74, 6) is -1.38. The molecule has 0 aromatic heterocycles. The number of alkyl carbamates (subject to hydrolysis) is 1. The van der Waals surface area contributed by atoms with E-state index in [0.717, 1.165) is 7.11 Å². The Bertz CT molecular complexity index is 521. The third-order valence-electron chi connectivity index (χ3n) is 2.53. The Morgan fingerprint density at radius 3 is 2.33 bits per heavy atom. The van der Waals surface area contributed by atoms with Gasteiger partial charge in [-0.2, -0.15) is 0 Å². The molecule has 2 atom stereocenters. The van der Waals surface area contributed by atoms with Gasteiger partial charge >= 0.3 is 6.09 Å². The van der Waals surface area contributed by atoms with E-state index in [1.165, 1.54) is 0 Å². The van der Waals surface area contributed by atoms with Crippen molar-refractivity contribution < 1.29 is 18.6 Å². The van der Waals surface area contributed by atoms with Crippen molar-refractivity contribution in [2.75, 3.05) is 13.7 Å². The van der Waals surface area contributed by atoms with E-state index in [0.29, 0.717) is 5.30 Å². The van der Waals surface area contributed by atoms with Gasteiger partial charge in [-0.1, -0.05) is 53.0 Å². The summed E-state index contributed by atoms with van der Waals surface area (Å²) in [5.41, 5.74) is 0. The summed E-state index contributed by atoms with van der Waals surface area (Å²) in [4.78, 5) is 11.5. The van der Waals surface area contributed by atoms with Crippen molar-refractivity contribution in [1.82, 2.24) is 5.32 Å². The molecule has 0 aliphatic carbocycles. The number of hydrogen-bond donors (Lipinski definition) is 1. The van der Waals surface area contributed by atoms with Gasteiger partial charge in [0.25, 0.3) is 7.37 Å². The molecule has 1 rings (SSSR count). The minimum Gasteiger partial charge on any atom is -0.453 e. The van der Waals surface area contributed by atoms with Crippen molar-refractivity contribution in [2.24, 2.45) is 0 Å². The lowest BCUT2D eigenvalue weighted by molar-refractivity contribution is 0.168. The van der Waals surface area contributed by atoms with Crippen LogP contribution in [-0.2, 0) is 13.8 Å². The van der Waals surface area contributed by atoms with Crippen molar-refractivity contribution in [3.8, 4) is 0 Å². The summed E-state index contributed by atoms with van der Waals surface area (Å²) >= 11 is 17.6. The molecule has 1 N–H and O–H groups in total. The number of methoxy groups -OCH3 is 1. The normalized spacial score (nSPS) is 15.9. The Morgan fingerprint density at radius 1 is 1.33 bits per heavy atom. The maximum absolute atomic E-state index is 13.3. The van der Waals surface area contributed by atoms with Gasteiger partial charge in [-0.15, -0.1) is 0 Å². The van der Waals surface area contributed by atoms with Crippen LogP contribution in [0.25, 0.3) is 0 Å². The van der Waals surface area contributed by atoms with Crippen LogP contribution < -0.4 is 10.6 Å². The van der Waals surface area contributed by atoms with Crippen LogP contribution in [-0.4, -0.2) is 29.4 Å². The fraction of sp³-hybridized carbons (Fsp3) is 0.417. The van der Waals surface area contributed by atoms with E-state index in [-0.39, 0.29) is 6.61 Å². The van der Waals surface area contributed by atoms with Crippen molar-refractivity contribution in [3.63, 3.8) is 0 Å². The number of nitrogens with one attached hydrogen (secondary N) is 1. The van der Waals surface area contributed by atoms with E-state index in [9.17, 15) is 9.36 Å². The number of carbonyl (C=O) groups excluding carboxylic acids is 1. The molecule has 1 aromatic rings. The predicted molar refractivity (Wildman–Crippen MR) is 84.9 cm³/mol. The van der Waals surface area contributed by atoms with Crippen LogP contribution in [0.1, 0.15) is 6.92 Å². The van der Waals surface area contributed by atoms with Gasteiger partial charge in [-0.05, 0) is 19.1 Å². The minimum absolute atomic E-state index is 0.117. The number of benzene rings is 1. The molecule has 118 valence electrons. The predicted octanol–water partition coefficient (Wildman–Crippen LogP) is 3.68. The number of halogens is 3. The van der Waals surface area contributed by atoms with Gasteiger partial charge in [0.15, 0.2) is 5.78 Å². The van der Waals surface area contributed by atoms with Gasteiger partial charge in [0.2, 0.25) is 3.79 Å². The quantitative estimate of drug-likeness (QED) is 0.631. The second-order valence-electron chi connectivity index (χ2n) is 3.93. The second-order valence-corrected chi connectivity index (χ2v) is 8.78. The van der Waals surface area contributed by atoms with E-state index in [1.807, 2.05) is 0 Å². The molecular weight excluding hydrogens is 359 g/mol. The summed E-state index contributed by atoms with van der Waals surface area (Å²) in [6.45, 7) is 1.77. The Labute approximate surface area is 138 Å². The van der Waals surface area contributed by atoms with Crippen molar-refractivity contribution in [1.29, 1.82) is 0 Å². The highest BCUT2D eigenvalue weighted by Gasteiger charge is 2.49. The van der Waals surface area contributed by atoms with Crippen LogP contribution in [0, 0.1) is 0 Å². The molecule has 0 heterocycles. The molecule has 0 aliphatic rings. The van der Waals surface area contributed by atoms with Gasteiger partial charge in [-0.3, -0.25) is 4.57 Å². The van der Waals surface area contributed by atoms with Crippen LogP contribution in [0.5, 0.6) is 0 Å². The lowest BCUT2D eigenvalue weighted by Gasteiger charge is -2.32. The monoisotopic (exact) mass is 373 g/mol. The number of ether oxygens (including phenoxy) is 1. The van der Waals surface area contributed by atoms with E-state index in [2.05, 4.69) is 10.1 Å². The van der Waals surface area contributed by atoms with E-state index >= 15 is 0 Å². The average molecular weight is 375 g/mol. The van der Waals surface area contributed by atoms with E-state index in [4.69, 9.17) is 39.3 Å². The molecule has 0 radical (unpaired) electrons. The number of amides is 1. The van der Waals surface area contributed by atoms with Crippen molar-refractivity contribution >= 4 is 53.6 Å². The zero-order valence-electron chi connectivity index (χ0n) is 11.4. The van der Waals surface area contributed by atoms with Crippen LogP contribution >= 0.6 is 42.2 Å². The highest BCUT2D eigenvalue weighted by molar-refractivity contribution is 7.68. The first kappa shape index (κ1) is 18.6. The number of rotatable bonds is 5. The third kappa shape index (κ3) is 4.76. The van der Waals surface area contributed by atoms with Crippen molar-refractivity contribution in [2.45, 2.75) is 16.5 Å². The van der Waals surface area contributed by atoms with Crippen LogP contribution in [0.2, 0.25) is 0 Å². The largest absolute Gasteiger partial charge is 0.453 e. The Kier molecular flexibility index (Phi) is 6.82. The molecule has 1 aromatic carbocycles. The van der Waals surface area contributed by atoms with Crippen molar-refractivity contribution in [3.05, 3.63) is 30.3 Å². The smallest absolute Gasteiger partial charge is 0.407 e. The molecule has 9 heteroatoms. The number of hydrogen-bond acceptors (Lipinski definition) is 4. The van der Waals surface area contributed by atoms with Gasteiger partial charge in [0.05, 0.1) is 13.7 Å². The molecule has 0 spiro atoms. The Balaban J connectivity index is 3.32. The van der Waals surface area contributed by atoms with Crippen LogP contribution in [0.3, 0.4) is 0 Å². The molecule has 5 nitrogen and oxygen atoms in total. The summed E-state index contributed by atoms with van der Waals surface area (Å²) < 4.78 is 21.1. The average Bonchev–Trinajstić information content (AvgIpc) is 2.44. The maximum Gasteiger partial charge on any atom is 0.407 e. The van der Waals surface area contributed by atoms with Gasteiger partial charge in [0, 0.05) is 5.30 Å². The summed E-state index contributed by atoms with van der Waals surface area (Å²) in [6, 6.07) is 8.26. The molecule has 0 fully saturated rings. The minimum atomic E-state index is -3.68. The lowest BCUT2D eigenvalue weighted by Crippen LogP contribution is -2.45. The van der Waals surface area contributed by atoms with E-state index < -0.39 is 23.0 Å². The molecule has 0 unspecified atom stereocenters. The molecule has 0 aliphatic heterocycles. The highest BCUT2D eigenvalue weighted by atomic mass is 35.6. The lowest BCUT2D eigenvalue weighted by atomic mass is 10.4. The van der Waals surface area contributed by atoms with Gasteiger partial charge in [-0.25, -0.2) is 4.79 Å². The van der Waals surface area contributed by atoms with Gasteiger partial charge in [0.1, 0.15) is 0 Å². The third-order valence-corrected chi connectivity index (χ3v) is 6.49. The van der Waals surface area contributed by atoms with E-state index in [1.54, 1.807) is 37.3 Å². The molecule has 0 saturated heterocycles. The van der Waals surface area contributed by atoms with Crippen LogP contribution in [0.15, 0.2) is 30.3 Å². The van der Waals surface area contributed by atoms with Crippen LogP contribution in [0.4, 0.5) is 4.79 Å². The first-order valence-corrected chi connectivity index (χ1v) is 8.79. The molecule has 21 heavy (non-hydrogen) atoms.